The average Bonchev–Trinajstić information content (AvgIpc) is 2.87. The maximum absolute atomic E-state index is 12.9. The van der Waals surface area contributed by atoms with E-state index < -0.39 is 12.8 Å². The minimum absolute atomic E-state index is 0.0572. The number of H-pyrrole nitrogens is 1. The van der Waals surface area contributed by atoms with Crippen molar-refractivity contribution in [3.8, 4) is 11.5 Å². The van der Waals surface area contributed by atoms with Crippen LogP contribution in [0.2, 0.25) is 0 Å². The van der Waals surface area contributed by atoms with Gasteiger partial charge in [-0.25, -0.2) is 4.39 Å². The highest BCUT2D eigenvalue weighted by Gasteiger charge is 2.29. The fourth-order valence-corrected chi connectivity index (χ4v) is 4.92. The minimum Gasteiger partial charge on any atom is -0.492 e. The highest BCUT2D eigenvalue weighted by atomic mass is 32.1. The molecule has 0 bridgehead atoms. The van der Waals surface area contributed by atoms with Crippen LogP contribution >= 0.6 is 12.2 Å². The summed E-state index contributed by atoms with van der Waals surface area (Å²) in [5, 5.41) is 11.7. The van der Waals surface area contributed by atoms with Crippen LogP contribution in [-0.4, -0.2) is 59.6 Å². The highest BCUT2D eigenvalue weighted by Crippen LogP contribution is 2.40. The SMILES string of the molecule is COc1c(OCCF)cccc1C(O)C1CCN(CCn2c(=S)[nH]c3ccccc3c2=O)CC1. The Bertz CT molecular complexity index is 1240. The van der Waals surface area contributed by atoms with Gasteiger partial charge in [-0.1, -0.05) is 24.3 Å². The maximum atomic E-state index is 12.9. The van der Waals surface area contributed by atoms with Gasteiger partial charge in [-0.05, 0) is 62.3 Å². The molecule has 2 aromatic carbocycles. The highest BCUT2D eigenvalue weighted by molar-refractivity contribution is 7.71. The second kappa shape index (κ2) is 11.1. The lowest BCUT2D eigenvalue weighted by molar-refractivity contribution is 0.0558. The van der Waals surface area contributed by atoms with Crippen LogP contribution in [-0.2, 0) is 6.54 Å². The molecule has 1 saturated heterocycles. The number of nitrogens with zero attached hydrogens (tertiary/aromatic N) is 2. The van der Waals surface area contributed by atoms with Crippen molar-refractivity contribution in [2.45, 2.75) is 25.5 Å². The quantitative estimate of drug-likeness (QED) is 0.446. The van der Waals surface area contributed by atoms with E-state index in [-0.39, 0.29) is 18.1 Å². The Labute approximate surface area is 202 Å². The largest absolute Gasteiger partial charge is 0.492 e. The number of hydrogen-bond donors (Lipinski definition) is 2. The molecule has 182 valence electrons. The number of aliphatic hydroxyl groups is 1. The summed E-state index contributed by atoms with van der Waals surface area (Å²) in [6, 6.07) is 12.7. The number of hydrogen-bond acceptors (Lipinski definition) is 6. The lowest BCUT2D eigenvalue weighted by atomic mass is 9.87. The number of likely N-dealkylation sites (tertiary alicyclic amines) is 1. The summed E-state index contributed by atoms with van der Waals surface area (Å²) >= 11 is 5.41. The Kier molecular flexibility index (Phi) is 7.97. The van der Waals surface area contributed by atoms with E-state index in [0.29, 0.717) is 40.3 Å². The number of rotatable bonds is 9. The van der Waals surface area contributed by atoms with Gasteiger partial charge in [0.25, 0.3) is 5.56 Å². The molecule has 7 nitrogen and oxygen atoms in total. The van der Waals surface area contributed by atoms with Gasteiger partial charge in [-0.3, -0.25) is 9.36 Å². The van der Waals surface area contributed by atoms with Gasteiger partial charge in [0.1, 0.15) is 13.3 Å². The lowest BCUT2D eigenvalue weighted by Crippen LogP contribution is -2.38. The summed E-state index contributed by atoms with van der Waals surface area (Å²) in [7, 11) is 1.52. The number of aliphatic hydroxyl groups excluding tert-OH is 1. The Morgan fingerprint density at radius 2 is 1.94 bits per heavy atom. The van der Waals surface area contributed by atoms with Crippen LogP contribution in [0.1, 0.15) is 24.5 Å². The smallest absolute Gasteiger partial charge is 0.262 e. The number of methoxy groups -OCH3 is 1. The van der Waals surface area contributed by atoms with E-state index >= 15 is 0 Å². The molecule has 0 aliphatic carbocycles. The predicted octanol–water partition coefficient (Wildman–Crippen LogP) is 3.86. The molecule has 0 spiro atoms. The molecular formula is C25H30FN3O4S. The molecule has 2 heterocycles. The summed E-state index contributed by atoms with van der Waals surface area (Å²) in [4.78, 5) is 18.3. The summed E-state index contributed by atoms with van der Waals surface area (Å²) in [6.45, 7) is 2.17. The Morgan fingerprint density at radius 1 is 1.18 bits per heavy atom. The van der Waals surface area contributed by atoms with Gasteiger partial charge in [0.2, 0.25) is 0 Å². The molecule has 1 fully saturated rings. The lowest BCUT2D eigenvalue weighted by Gasteiger charge is -2.34. The number of ether oxygens (including phenoxy) is 2. The maximum Gasteiger partial charge on any atom is 0.262 e. The molecule has 0 amide bonds. The molecule has 1 aromatic heterocycles. The topological polar surface area (TPSA) is 79.7 Å². The first-order chi connectivity index (χ1) is 16.5. The number of aromatic amines is 1. The van der Waals surface area contributed by atoms with Crippen molar-refractivity contribution < 1.29 is 19.0 Å². The van der Waals surface area contributed by atoms with E-state index in [1.54, 1.807) is 22.8 Å². The van der Waals surface area contributed by atoms with E-state index in [0.717, 1.165) is 31.4 Å². The second-order valence-electron chi connectivity index (χ2n) is 8.47. The fourth-order valence-electron chi connectivity index (χ4n) is 4.64. The molecule has 34 heavy (non-hydrogen) atoms. The molecule has 1 unspecified atom stereocenters. The third kappa shape index (κ3) is 5.16. The normalized spacial score (nSPS) is 16.0. The summed E-state index contributed by atoms with van der Waals surface area (Å²) < 4.78 is 25.5. The summed E-state index contributed by atoms with van der Waals surface area (Å²) in [5.74, 6) is 0.954. The van der Waals surface area contributed by atoms with Crippen molar-refractivity contribution in [3.05, 3.63) is 63.2 Å². The first-order valence-corrected chi connectivity index (χ1v) is 11.9. The van der Waals surface area contributed by atoms with Crippen molar-refractivity contribution in [1.29, 1.82) is 0 Å². The van der Waals surface area contributed by atoms with Gasteiger partial charge in [-0.15, -0.1) is 0 Å². The van der Waals surface area contributed by atoms with Gasteiger partial charge in [0, 0.05) is 18.7 Å². The monoisotopic (exact) mass is 487 g/mol. The predicted molar refractivity (Wildman–Crippen MR) is 132 cm³/mol. The number of nitrogens with one attached hydrogen (secondary N) is 1. The van der Waals surface area contributed by atoms with Gasteiger partial charge < -0.3 is 24.5 Å². The zero-order valence-electron chi connectivity index (χ0n) is 19.2. The van der Waals surface area contributed by atoms with Gasteiger partial charge >= 0.3 is 0 Å². The molecule has 1 aliphatic rings. The van der Waals surface area contributed by atoms with Gasteiger partial charge in [0.05, 0.1) is 24.1 Å². The Hall–Kier alpha value is -2.75. The minimum atomic E-state index is -0.706. The first kappa shape index (κ1) is 24.4. The third-order valence-electron chi connectivity index (χ3n) is 6.47. The van der Waals surface area contributed by atoms with Crippen LogP contribution in [0.5, 0.6) is 11.5 Å². The van der Waals surface area contributed by atoms with E-state index in [1.807, 2.05) is 24.3 Å². The molecule has 3 aromatic rings. The first-order valence-electron chi connectivity index (χ1n) is 11.5. The van der Waals surface area contributed by atoms with E-state index in [4.69, 9.17) is 21.7 Å². The molecule has 1 atom stereocenters. The Balaban J connectivity index is 1.38. The van der Waals surface area contributed by atoms with Crippen molar-refractivity contribution in [2.75, 3.05) is 40.0 Å². The number of alkyl halides is 1. The van der Waals surface area contributed by atoms with Crippen LogP contribution < -0.4 is 15.0 Å². The molecule has 4 rings (SSSR count). The third-order valence-corrected chi connectivity index (χ3v) is 6.80. The van der Waals surface area contributed by atoms with Crippen LogP contribution in [0.4, 0.5) is 4.39 Å². The molecule has 2 N–H and O–H groups in total. The number of aromatic nitrogens is 2. The Morgan fingerprint density at radius 3 is 2.68 bits per heavy atom. The molecule has 0 radical (unpaired) electrons. The molecule has 1 aliphatic heterocycles. The molecule has 0 saturated carbocycles. The van der Waals surface area contributed by atoms with E-state index in [2.05, 4.69) is 9.88 Å². The van der Waals surface area contributed by atoms with Crippen molar-refractivity contribution >= 4 is 23.1 Å². The molecular weight excluding hydrogens is 457 g/mol. The number of fused-ring (bicyclic) bond motifs is 1. The van der Waals surface area contributed by atoms with Crippen LogP contribution in [0, 0.1) is 10.7 Å². The van der Waals surface area contributed by atoms with E-state index in [9.17, 15) is 14.3 Å². The standard InChI is InChI=1S/C25H30FN3O4S/c1-32-23-19(6-4-8-21(23)33-16-11-26)22(30)17-9-12-28(13-10-17)14-15-29-24(31)18-5-2-3-7-20(18)27-25(29)34/h2-8,17,22,30H,9-16H2,1H3,(H,27,34). The number of benzene rings is 2. The zero-order chi connectivity index (χ0) is 24.1. The van der Waals surface area contributed by atoms with Crippen molar-refractivity contribution in [3.63, 3.8) is 0 Å². The number of para-hydroxylation sites is 2. The number of piperidine rings is 1. The van der Waals surface area contributed by atoms with Gasteiger partial charge in [-0.2, -0.15) is 0 Å². The van der Waals surface area contributed by atoms with Crippen LogP contribution in [0.25, 0.3) is 10.9 Å². The summed E-state index contributed by atoms with van der Waals surface area (Å²) in [6.07, 6.45) is 0.904. The average molecular weight is 488 g/mol. The second-order valence-corrected chi connectivity index (χ2v) is 8.86. The summed E-state index contributed by atoms with van der Waals surface area (Å²) in [5.41, 5.74) is 1.33. The zero-order valence-corrected chi connectivity index (χ0v) is 20.0. The molecule has 9 heteroatoms. The van der Waals surface area contributed by atoms with Crippen LogP contribution in [0.3, 0.4) is 0 Å². The fraction of sp³-hybridized carbons (Fsp3) is 0.440. The van der Waals surface area contributed by atoms with Crippen LogP contribution in [0.15, 0.2) is 47.3 Å². The van der Waals surface area contributed by atoms with Gasteiger partial charge in [0.15, 0.2) is 16.3 Å². The van der Waals surface area contributed by atoms with Crippen molar-refractivity contribution in [2.24, 2.45) is 5.92 Å². The number of halogens is 1. The van der Waals surface area contributed by atoms with Crippen molar-refractivity contribution in [1.82, 2.24) is 14.5 Å². The van der Waals surface area contributed by atoms with E-state index in [1.165, 1.54) is 7.11 Å².